The molecule has 6 heteroatoms. The Morgan fingerprint density at radius 1 is 1.14 bits per heavy atom. The van der Waals surface area contributed by atoms with Crippen molar-refractivity contribution >= 4 is 34.2 Å². The molecule has 0 aliphatic rings. The summed E-state index contributed by atoms with van der Waals surface area (Å²) in [4.78, 5) is 20.6. The van der Waals surface area contributed by atoms with Gasteiger partial charge in [0.15, 0.2) is 0 Å². The zero-order valence-electron chi connectivity index (χ0n) is 10.7. The number of aromatic hydroxyl groups is 1. The van der Waals surface area contributed by atoms with Gasteiger partial charge in [-0.25, -0.2) is 4.98 Å². The number of rotatable bonds is 2. The van der Waals surface area contributed by atoms with Crippen molar-refractivity contribution < 1.29 is 9.90 Å². The highest BCUT2D eigenvalue weighted by Crippen LogP contribution is 2.26. The van der Waals surface area contributed by atoms with Crippen LogP contribution < -0.4 is 5.32 Å². The fourth-order valence-corrected chi connectivity index (χ4v) is 2.03. The lowest BCUT2D eigenvalue weighted by atomic mass is 10.2. The Labute approximate surface area is 125 Å². The quantitative estimate of drug-likeness (QED) is 0.712. The van der Waals surface area contributed by atoms with E-state index < -0.39 is 5.91 Å². The van der Waals surface area contributed by atoms with E-state index in [9.17, 15) is 9.90 Å². The molecule has 1 aromatic heterocycles. The molecule has 0 spiro atoms. The molecule has 1 heterocycles. The lowest BCUT2D eigenvalue weighted by Gasteiger charge is -2.06. The normalized spacial score (nSPS) is 10.5. The van der Waals surface area contributed by atoms with Crippen LogP contribution in [0.15, 0.2) is 48.7 Å². The van der Waals surface area contributed by atoms with Crippen LogP contribution in [0, 0.1) is 0 Å². The predicted octanol–water partition coefficient (Wildman–Crippen LogP) is 3.24. The molecule has 2 aromatic carbocycles. The fraction of sp³-hybridized carbons (Fsp3) is 0. The molecule has 21 heavy (non-hydrogen) atoms. The third kappa shape index (κ3) is 2.78. The van der Waals surface area contributed by atoms with Gasteiger partial charge in [0, 0.05) is 5.69 Å². The van der Waals surface area contributed by atoms with E-state index in [0.29, 0.717) is 11.2 Å². The highest BCUT2D eigenvalue weighted by atomic mass is 35.5. The van der Waals surface area contributed by atoms with Crippen LogP contribution in [-0.4, -0.2) is 21.0 Å². The first-order valence-corrected chi connectivity index (χ1v) is 6.53. The van der Waals surface area contributed by atoms with Gasteiger partial charge in [-0.15, -0.1) is 0 Å². The van der Waals surface area contributed by atoms with E-state index in [-0.39, 0.29) is 16.5 Å². The van der Waals surface area contributed by atoms with Crippen molar-refractivity contribution in [3.05, 3.63) is 59.4 Å². The third-order valence-electron chi connectivity index (χ3n) is 2.89. The van der Waals surface area contributed by atoms with Crippen LogP contribution in [0.4, 0.5) is 5.69 Å². The minimum Gasteiger partial charge on any atom is -0.506 e. The van der Waals surface area contributed by atoms with E-state index in [1.54, 1.807) is 12.1 Å². The summed E-state index contributed by atoms with van der Waals surface area (Å²) in [6, 6.07) is 11.7. The molecule has 0 fully saturated rings. The Bertz CT molecular complexity index is 836. The largest absolute Gasteiger partial charge is 0.506 e. The molecule has 5 nitrogen and oxygen atoms in total. The molecular weight excluding hydrogens is 290 g/mol. The number of aromatic nitrogens is 2. The summed E-state index contributed by atoms with van der Waals surface area (Å²) in [6.07, 6.45) is 1.42. The van der Waals surface area contributed by atoms with Crippen molar-refractivity contribution in [2.45, 2.75) is 0 Å². The zero-order chi connectivity index (χ0) is 14.8. The standard InChI is InChI=1S/C15H10ClN3O2/c16-10-7-9(5-6-14(10)20)18-15(21)13-8-17-11-3-1-2-4-12(11)19-13/h1-8,20H,(H,18,21). The van der Waals surface area contributed by atoms with Crippen LogP contribution in [0.1, 0.15) is 10.5 Å². The number of anilines is 1. The molecule has 0 saturated heterocycles. The Kier molecular flexibility index (Phi) is 3.41. The molecule has 0 radical (unpaired) electrons. The summed E-state index contributed by atoms with van der Waals surface area (Å²) in [6.45, 7) is 0. The molecule has 0 atom stereocenters. The number of phenols is 1. The van der Waals surface area contributed by atoms with Gasteiger partial charge in [0.1, 0.15) is 11.4 Å². The van der Waals surface area contributed by atoms with Gasteiger partial charge < -0.3 is 10.4 Å². The fourth-order valence-electron chi connectivity index (χ4n) is 1.85. The van der Waals surface area contributed by atoms with Gasteiger partial charge in [-0.2, -0.15) is 0 Å². The number of phenolic OH excluding ortho intramolecular Hbond substituents is 1. The number of carbonyl (C=O) groups excluding carboxylic acids is 1. The number of benzene rings is 2. The minimum absolute atomic E-state index is 0.0415. The number of para-hydroxylation sites is 2. The van der Waals surface area contributed by atoms with Gasteiger partial charge in [0.2, 0.25) is 0 Å². The third-order valence-corrected chi connectivity index (χ3v) is 3.19. The summed E-state index contributed by atoms with van der Waals surface area (Å²) >= 11 is 5.79. The van der Waals surface area contributed by atoms with E-state index >= 15 is 0 Å². The molecule has 2 N–H and O–H groups in total. The molecule has 0 aliphatic heterocycles. The second-order valence-corrected chi connectivity index (χ2v) is 4.77. The van der Waals surface area contributed by atoms with Crippen LogP contribution in [0.2, 0.25) is 5.02 Å². The van der Waals surface area contributed by atoms with Crippen LogP contribution in [0.3, 0.4) is 0 Å². The maximum Gasteiger partial charge on any atom is 0.275 e. The summed E-state index contributed by atoms with van der Waals surface area (Å²) in [5, 5.41) is 12.2. The first kappa shape index (κ1) is 13.3. The average molecular weight is 300 g/mol. The first-order valence-electron chi connectivity index (χ1n) is 6.15. The minimum atomic E-state index is -0.394. The molecule has 0 aliphatic carbocycles. The smallest absolute Gasteiger partial charge is 0.275 e. The summed E-state index contributed by atoms with van der Waals surface area (Å²) in [5.74, 6) is -0.435. The van der Waals surface area contributed by atoms with Crippen LogP contribution >= 0.6 is 11.6 Å². The van der Waals surface area contributed by atoms with E-state index in [1.807, 2.05) is 18.2 Å². The Balaban J connectivity index is 1.87. The second kappa shape index (κ2) is 5.38. The SMILES string of the molecule is O=C(Nc1ccc(O)c(Cl)c1)c1cnc2ccccc2n1. The lowest BCUT2D eigenvalue weighted by molar-refractivity contribution is 0.102. The number of carbonyl (C=O) groups is 1. The molecule has 0 unspecified atom stereocenters. The Morgan fingerprint density at radius 2 is 1.90 bits per heavy atom. The lowest BCUT2D eigenvalue weighted by Crippen LogP contribution is -2.14. The predicted molar refractivity (Wildman–Crippen MR) is 80.6 cm³/mol. The van der Waals surface area contributed by atoms with Crippen molar-refractivity contribution in [3.63, 3.8) is 0 Å². The zero-order valence-corrected chi connectivity index (χ0v) is 11.5. The molecular formula is C15H10ClN3O2. The van der Waals surface area contributed by atoms with Crippen molar-refractivity contribution in [1.29, 1.82) is 0 Å². The maximum atomic E-state index is 12.1. The van der Waals surface area contributed by atoms with E-state index in [0.717, 1.165) is 5.52 Å². The summed E-state index contributed by atoms with van der Waals surface area (Å²) in [7, 11) is 0. The highest BCUT2D eigenvalue weighted by molar-refractivity contribution is 6.32. The number of nitrogens with zero attached hydrogens (tertiary/aromatic N) is 2. The van der Waals surface area contributed by atoms with Gasteiger partial charge in [0.05, 0.1) is 22.3 Å². The second-order valence-electron chi connectivity index (χ2n) is 4.36. The van der Waals surface area contributed by atoms with E-state index in [1.165, 1.54) is 18.3 Å². The number of halogens is 1. The number of fused-ring (bicyclic) bond motifs is 1. The number of hydrogen-bond donors (Lipinski definition) is 2. The first-order chi connectivity index (χ1) is 10.1. The average Bonchev–Trinajstić information content (AvgIpc) is 2.50. The highest BCUT2D eigenvalue weighted by Gasteiger charge is 2.10. The maximum absolute atomic E-state index is 12.1. The monoisotopic (exact) mass is 299 g/mol. The molecule has 0 saturated carbocycles. The molecule has 0 bridgehead atoms. The van der Waals surface area contributed by atoms with Crippen molar-refractivity contribution in [2.24, 2.45) is 0 Å². The van der Waals surface area contributed by atoms with Crippen molar-refractivity contribution in [3.8, 4) is 5.75 Å². The number of nitrogens with one attached hydrogen (secondary N) is 1. The van der Waals surface area contributed by atoms with Crippen molar-refractivity contribution in [1.82, 2.24) is 9.97 Å². The number of hydrogen-bond acceptors (Lipinski definition) is 4. The van der Waals surface area contributed by atoms with E-state index in [2.05, 4.69) is 15.3 Å². The molecule has 3 rings (SSSR count). The van der Waals surface area contributed by atoms with Gasteiger partial charge in [-0.05, 0) is 30.3 Å². The summed E-state index contributed by atoms with van der Waals surface area (Å²) in [5.41, 5.74) is 2.05. The molecule has 104 valence electrons. The summed E-state index contributed by atoms with van der Waals surface area (Å²) < 4.78 is 0. The molecule has 3 aromatic rings. The van der Waals surface area contributed by atoms with Gasteiger partial charge >= 0.3 is 0 Å². The van der Waals surface area contributed by atoms with Gasteiger partial charge in [0.25, 0.3) is 5.91 Å². The van der Waals surface area contributed by atoms with E-state index in [4.69, 9.17) is 11.6 Å². The van der Waals surface area contributed by atoms with Crippen LogP contribution in [0.5, 0.6) is 5.75 Å². The van der Waals surface area contributed by atoms with Crippen molar-refractivity contribution in [2.75, 3.05) is 5.32 Å². The topological polar surface area (TPSA) is 75.1 Å². The van der Waals surface area contributed by atoms with Gasteiger partial charge in [-0.1, -0.05) is 23.7 Å². The molecule has 1 amide bonds. The van der Waals surface area contributed by atoms with Crippen LogP contribution in [-0.2, 0) is 0 Å². The van der Waals surface area contributed by atoms with Gasteiger partial charge in [-0.3, -0.25) is 9.78 Å². The Morgan fingerprint density at radius 3 is 2.67 bits per heavy atom. The number of amides is 1. The Hall–Kier alpha value is -2.66. The van der Waals surface area contributed by atoms with Crippen LogP contribution in [0.25, 0.3) is 11.0 Å².